The fraction of sp³-hybridized carbons (Fsp3) is 0.750. The molecule has 1 atom stereocenters. The van der Waals surface area contributed by atoms with E-state index in [2.05, 4.69) is 24.1 Å². The molecule has 0 heterocycles. The van der Waals surface area contributed by atoms with Crippen LogP contribution in [0.25, 0.3) is 0 Å². The summed E-state index contributed by atoms with van der Waals surface area (Å²) in [5.41, 5.74) is -0.437. The molecule has 0 aromatic heterocycles. The Balaban J connectivity index is 3.52. The zero-order valence-electron chi connectivity index (χ0n) is 10.8. The second kappa shape index (κ2) is 7.28. The molecule has 2 N–H and O–H groups in total. The van der Waals surface area contributed by atoms with Crippen molar-refractivity contribution in [2.24, 2.45) is 0 Å². The number of rotatable bonds is 6. The Morgan fingerprint density at radius 1 is 1.44 bits per heavy atom. The van der Waals surface area contributed by atoms with Crippen LogP contribution in [-0.2, 0) is 4.74 Å². The third-order valence-corrected chi connectivity index (χ3v) is 1.81. The lowest BCUT2D eigenvalue weighted by Crippen LogP contribution is -2.38. The van der Waals surface area contributed by atoms with Gasteiger partial charge in [-0.05, 0) is 34.1 Å². The third kappa shape index (κ3) is 9.52. The third-order valence-electron chi connectivity index (χ3n) is 1.81. The molecule has 0 rings (SSSR count). The number of hydrogen-bond acceptors (Lipinski definition) is 3. The van der Waals surface area contributed by atoms with Crippen LogP contribution in [0.1, 0.15) is 34.1 Å². The number of carbonyl (C=O) groups excluding carboxylic acids is 1. The topological polar surface area (TPSA) is 50.4 Å². The van der Waals surface area contributed by atoms with Crippen molar-refractivity contribution < 1.29 is 9.53 Å². The van der Waals surface area contributed by atoms with Crippen LogP contribution in [0, 0.1) is 0 Å². The summed E-state index contributed by atoms with van der Waals surface area (Å²) in [4.78, 5) is 11.3. The Labute approximate surface area is 98.4 Å². The van der Waals surface area contributed by atoms with E-state index in [9.17, 15) is 4.79 Å². The van der Waals surface area contributed by atoms with Crippen LogP contribution in [0.3, 0.4) is 0 Å². The average Bonchev–Trinajstić information content (AvgIpc) is 2.10. The Morgan fingerprint density at radius 3 is 2.56 bits per heavy atom. The fourth-order valence-corrected chi connectivity index (χ4v) is 1.13. The van der Waals surface area contributed by atoms with Crippen LogP contribution < -0.4 is 10.6 Å². The highest BCUT2D eigenvalue weighted by Gasteiger charge is 2.15. The summed E-state index contributed by atoms with van der Waals surface area (Å²) < 4.78 is 5.10. The molecule has 0 aliphatic heterocycles. The summed E-state index contributed by atoms with van der Waals surface area (Å²) >= 11 is 0. The highest BCUT2D eigenvalue weighted by Crippen LogP contribution is 2.05. The summed E-state index contributed by atoms with van der Waals surface area (Å²) in [5, 5.41) is 5.95. The lowest BCUT2D eigenvalue weighted by atomic mass is 10.2. The Bertz CT molecular complexity index is 222. The Kier molecular flexibility index (Phi) is 6.81. The van der Waals surface area contributed by atoms with E-state index >= 15 is 0 Å². The molecule has 0 spiro atoms. The maximum absolute atomic E-state index is 11.3. The SMILES string of the molecule is C=CCC(C)NCCNC(=O)OC(C)(C)C. The summed E-state index contributed by atoms with van der Waals surface area (Å²) in [6.45, 7) is 12.6. The molecule has 0 aromatic rings. The number of amides is 1. The molecule has 1 unspecified atom stereocenters. The summed E-state index contributed by atoms with van der Waals surface area (Å²) in [6, 6.07) is 0.387. The minimum Gasteiger partial charge on any atom is -0.444 e. The first-order chi connectivity index (χ1) is 7.35. The molecule has 0 aliphatic rings. The minimum absolute atomic E-state index is 0.370. The number of hydrogen-bond donors (Lipinski definition) is 2. The van der Waals surface area contributed by atoms with E-state index in [4.69, 9.17) is 4.74 Å². The molecule has 4 nitrogen and oxygen atoms in total. The first-order valence-corrected chi connectivity index (χ1v) is 5.66. The van der Waals surface area contributed by atoms with E-state index in [1.54, 1.807) is 0 Å². The van der Waals surface area contributed by atoms with Gasteiger partial charge < -0.3 is 15.4 Å². The molecule has 0 bridgehead atoms. The molecular formula is C12H24N2O2. The van der Waals surface area contributed by atoms with Gasteiger partial charge in [0.15, 0.2) is 0 Å². The summed E-state index contributed by atoms with van der Waals surface area (Å²) in [7, 11) is 0. The van der Waals surface area contributed by atoms with Crippen molar-refractivity contribution in [3.8, 4) is 0 Å². The highest BCUT2D eigenvalue weighted by molar-refractivity contribution is 5.67. The molecule has 94 valence electrons. The average molecular weight is 228 g/mol. The lowest BCUT2D eigenvalue weighted by Gasteiger charge is -2.20. The molecule has 0 saturated carbocycles. The smallest absolute Gasteiger partial charge is 0.407 e. The lowest BCUT2D eigenvalue weighted by molar-refractivity contribution is 0.0528. The predicted octanol–water partition coefficient (Wildman–Crippen LogP) is 2.07. The predicted molar refractivity (Wildman–Crippen MR) is 66.5 cm³/mol. The maximum atomic E-state index is 11.3. The van der Waals surface area contributed by atoms with Gasteiger partial charge in [0.1, 0.15) is 5.60 Å². The molecule has 0 radical (unpaired) electrons. The van der Waals surface area contributed by atoms with Gasteiger partial charge in [-0.1, -0.05) is 6.08 Å². The highest BCUT2D eigenvalue weighted by atomic mass is 16.6. The first kappa shape index (κ1) is 15.0. The van der Waals surface area contributed by atoms with Crippen LogP contribution in [0.15, 0.2) is 12.7 Å². The number of alkyl carbamates (subject to hydrolysis) is 1. The molecule has 0 aromatic carbocycles. The molecule has 0 fully saturated rings. The first-order valence-electron chi connectivity index (χ1n) is 5.66. The monoisotopic (exact) mass is 228 g/mol. The normalized spacial score (nSPS) is 13.0. The largest absolute Gasteiger partial charge is 0.444 e. The molecule has 0 saturated heterocycles. The second-order valence-corrected chi connectivity index (χ2v) is 4.81. The number of ether oxygens (including phenoxy) is 1. The van der Waals surface area contributed by atoms with Crippen molar-refractivity contribution in [2.75, 3.05) is 13.1 Å². The van der Waals surface area contributed by atoms with Gasteiger partial charge in [0.05, 0.1) is 0 Å². The zero-order chi connectivity index (χ0) is 12.6. The van der Waals surface area contributed by atoms with E-state index in [-0.39, 0.29) is 6.09 Å². The van der Waals surface area contributed by atoms with Crippen LogP contribution in [0.2, 0.25) is 0 Å². The Morgan fingerprint density at radius 2 is 2.06 bits per heavy atom. The van der Waals surface area contributed by atoms with Crippen molar-refractivity contribution >= 4 is 6.09 Å². The van der Waals surface area contributed by atoms with Gasteiger partial charge in [-0.25, -0.2) is 4.79 Å². The van der Waals surface area contributed by atoms with Crippen molar-refractivity contribution in [3.63, 3.8) is 0 Å². The summed E-state index contributed by atoms with van der Waals surface area (Å²) in [6.07, 6.45) is 2.43. The maximum Gasteiger partial charge on any atom is 0.407 e. The number of carbonyl (C=O) groups is 1. The zero-order valence-corrected chi connectivity index (χ0v) is 10.8. The Hall–Kier alpha value is -1.03. The minimum atomic E-state index is -0.437. The van der Waals surface area contributed by atoms with Crippen LogP contribution in [-0.4, -0.2) is 30.8 Å². The van der Waals surface area contributed by atoms with Crippen molar-refractivity contribution in [1.82, 2.24) is 10.6 Å². The van der Waals surface area contributed by atoms with Crippen molar-refractivity contribution in [2.45, 2.75) is 45.8 Å². The van der Waals surface area contributed by atoms with Crippen LogP contribution >= 0.6 is 0 Å². The molecule has 1 amide bonds. The standard InChI is InChI=1S/C12H24N2O2/c1-6-7-10(2)13-8-9-14-11(15)16-12(3,4)5/h6,10,13H,1,7-9H2,2-5H3,(H,14,15). The van der Waals surface area contributed by atoms with Gasteiger partial charge in [-0.15, -0.1) is 6.58 Å². The van der Waals surface area contributed by atoms with Gasteiger partial charge in [0, 0.05) is 19.1 Å². The van der Waals surface area contributed by atoms with Gasteiger partial charge in [-0.3, -0.25) is 0 Å². The number of nitrogens with one attached hydrogen (secondary N) is 2. The molecular weight excluding hydrogens is 204 g/mol. The molecule has 16 heavy (non-hydrogen) atoms. The van der Waals surface area contributed by atoms with Crippen LogP contribution in [0.4, 0.5) is 4.79 Å². The molecule has 4 heteroatoms. The van der Waals surface area contributed by atoms with Gasteiger partial charge in [-0.2, -0.15) is 0 Å². The van der Waals surface area contributed by atoms with E-state index < -0.39 is 5.60 Å². The second-order valence-electron chi connectivity index (χ2n) is 4.81. The van der Waals surface area contributed by atoms with Gasteiger partial charge in [0.2, 0.25) is 0 Å². The van der Waals surface area contributed by atoms with Crippen molar-refractivity contribution in [3.05, 3.63) is 12.7 Å². The molecule has 0 aliphatic carbocycles. The fourth-order valence-electron chi connectivity index (χ4n) is 1.13. The van der Waals surface area contributed by atoms with E-state index in [1.165, 1.54) is 0 Å². The van der Waals surface area contributed by atoms with E-state index in [0.29, 0.717) is 12.6 Å². The van der Waals surface area contributed by atoms with Gasteiger partial charge >= 0.3 is 6.09 Å². The summed E-state index contributed by atoms with van der Waals surface area (Å²) in [5.74, 6) is 0. The van der Waals surface area contributed by atoms with E-state index in [1.807, 2.05) is 26.8 Å². The van der Waals surface area contributed by atoms with Crippen molar-refractivity contribution in [1.29, 1.82) is 0 Å². The van der Waals surface area contributed by atoms with E-state index in [0.717, 1.165) is 13.0 Å². The van der Waals surface area contributed by atoms with Crippen LogP contribution in [0.5, 0.6) is 0 Å². The quantitative estimate of drug-likeness (QED) is 0.540. The van der Waals surface area contributed by atoms with Gasteiger partial charge in [0.25, 0.3) is 0 Å².